The van der Waals surface area contributed by atoms with Crippen molar-refractivity contribution in [3.05, 3.63) is 35.4 Å². The maximum atomic E-state index is 10.7. The van der Waals surface area contributed by atoms with Crippen LogP contribution in [0.25, 0.3) is 0 Å². The number of aliphatic hydroxyl groups excluding tert-OH is 2. The molecule has 0 heterocycles. The second-order valence-corrected chi connectivity index (χ2v) is 8.39. The number of carboxylic acids is 1. The van der Waals surface area contributed by atoms with Crippen LogP contribution in [0.5, 0.6) is 0 Å². The maximum Gasteiger partial charge on any atom is 0.303 e. The molecule has 0 bridgehead atoms. The van der Waals surface area contributed by atoms with Gasteiger partial charge in [0, 0.05) is 17.7 Å². The zero-order valence-electron chi connectivity index (χ0n) is 16.2. The number of alkyl halides is 1. The van der Waals surface area contributed by atoms with Gasteiger partial charge < -0.3 is 15.3 Å². The molecule has 1 aromatic carbocycles. The normalized spacial score (nSPS) is 26.2. The molecule has 1 aliphatic rings. The van der Waals surface area contributed by atoms with Gasteiger partial charge in [0.15, 0.2) is 0 Å². The summed E-state index contributed by atoms with van der Waals surface area (Å²) in [4.78, 5) is 10.7. The van der Waals surface area contributed by atoms with E-state index < -0.39 is 18.2 Å². The van der Waals surface area contributed by atoms with E-state index in [1.807, 2.05) is 24.3 Å². The Bertz CT molecular complexity index is 574. The number of aliphatic hydroxyl groups is 2. The Labute approximate surface area is 167 Å². The van der Waals surface area contributed by atoms with Crippen LogP contribution in [0.4, 0.5) is 0 Å². The fourth-order valence-corrected chi connectivity index (χ4v) is 4.71. The third-order valence-electron chi connectivity index (χ3n) is 5.77. The van der Waals surface area contributed by atoms with Crippen molar-refractivity contribution in [2.75, 3.05) is 0 Å². The Balaban J connectivity index is 1.99. The molecule has 2 rings (SSSR count). The van der Waals surface area contributed by atoms with Gasteiger partial charge in [0.1, 0.15) is 0 Å². The van der Waals surface area contributed by atoms with Crippen LogP contribution in [0, 0.1) is 5.92 Å². The number of unbranched alkanes of at least 4 members (excludes halogenated alkanes) is 3. The number of carboxylic acid groups (broad SMARTS) is 1. The minimum absolute atomic E-state index is 0.0244. The lowest BCUT2D eigenvalue weighted by Crippen LogP contribution is -2.19. The van der Waals surface area contributed by atoms with Crippen molar-refractivity contribution in [2.45, 2.75) is 88.2 Å². The van der Waals surface area contributed by atoms with Gasteiger partial charge in [-0.15, -0.1) is 11.6 Å². The molecule has 0 spiro atoms. The monoisotopic (exact) mass is 396 g/mol. The van der Waals surface area contributed by atoms with Gasteiger partial charge in [0.2, 0.25) is 0 Å². The van der Waals surface area contributed by atoms with E-state index in [4.69, 9.17) is 16.7 Å². The zero-order chi connectivity index (χ0) is 19.8. The van der Waals surface area contributed by atoms with E-state index in [2.05, 4.69) is 6.92 Å². The van der Waals surface area contributed by atoms with E-state index in [-0.39, 0.29) is 23.6 Å². The number of halogens is 1. The topological polar surface area (TPSA) is 77.8 Å². The van der Waals surface area contributed by atoms with Crippen molar-refractivity contribution in [1.29, 1.82) is 0 Å². The summed E-state index contributed by atoms with van der Waals surface area (Å²) in [6.07, 6.45) is 6.16. The van der Waals surface area contributed by atoms with E-state index in [1.54, 1.807) is 0 Å². The van der Waals surface area contributed by atoms with Crippen molar-refractivity contribution < 1.29 is 20.1 Å². The minimum atomic E-state index is -0.770. The molecule has 0 saturated heterocycles. The van der Waals surface area contributed by atoms with Gasteiger partial charge >= 0.3 is 5.97 Å². The molecule has 3 unspecified atom stereocenters. The first-order chi connectivity index (χ1) is 12.9. The molecule has 1 saturated carbocycles. The summed E-state index contributed by atoms with van der Waals surface area (Å²) >= 11 is 6.50. The summed E-state index contributed by atoms with van der Waals surface area (Å²) < 4.78 is 0. The molecule has 0 radical (unpaired) electrons. The molecule has 0 amide bonds. The lowest BCUT2D eigenvalue weighted by Gasteiger charge is -2.24. The Morgan fingerprint density at radius 1 is 1.19 bits per heavy atom. The molecule has 1 aliphatic carbocycles. The molecule has 5 heteroatoms. The predicted molar refractivity (Wildman–Crippen MR) is 108 cm³/mol. The average Bonchev–Trinajstić information content (AvgIpc) is 2.92. The zero-order valence-corrected chi connectivity index (χ0v) is 16.9. The van der Waals surface area contributed by atoms with Crippen molar-refractivity contribution >= 4 is 17.6 Å². The van der Waals surface area contributed by atoms with E-state index >= 15 is 0 Å². The number of hydrogen-bond donors (Lipinski definition) is 3. The highest BCUT2D eigenvalue weighted by molar-refractivity contribution is 6.21. The van der Waals surface area contributed by atoms with Gasteiger partial charge in [-0.2, -0.15) is 0 Å². The Morgan fingerprint density at radius 2 is 1.89 bits per heavy atom. The fraction of sp³-hybridized carbons (Fsp3) is 0.682. The first-order valence-electron chi connectivity index (χ1n) is 10.3. The Morgan fingerprint density at radius 3 is 2.52 bits per heavy atom. The van der Waals surface area contributed by atoms with Gasteiger partial charge in [-0.3, -0.25) is 4.79 Å². The molecule has 5 atom stereocenters. The second kappa shape index (κ2) is 11.0. The number of hydrogen-bond acceptors (Lipinski definition) is 3. The van der Waals surface area contributed by atoms with Crippen LogP contribution in [0.2, 0.25) is 0 Å². The maximum absolute atomic E-state index is 10.7. The van der Waals surface area contributed by atoms with Gasteiger partial charge in [-0.25, -0.2) is 0 Å². The number of carbonyl (C=O) groups is 1. The molecular weight excluding hydrogens is 364 g/mol. The van der Waals surface area contributed by atoms with E-state index in [9.17, 15) is 15.0 Å². The molecular formula is C22H33ClO4. The lowest BCUT2D eigenvalue weighted by molar-refractivity contribution is -0.137. The summed E-state index contributed by atoms with van der Waals surface area (Å²) in [5.41, 5.74) is 1.97. The third-order valence-corrected chi connectivity index (χ3v) is 6.27. The molecule has 1 aromatic rings. The van der Waals surface area contributed by atoms with Crippen molar-refractivity contribution in [3.63, 3.8) is 0 Å². The molecule has 152 valence electrons. The molecule has 1 fully saturated rings. The summed E-state index contributed by atoms with van der Waals surface area (Å²) in [6, 6.07) is 7.93. The highest BCUT2D eigenvalue weighted by atomic mass is 35.5. The van der Waals surface area contributed by atoms with Crippen molar-refractivity contribution in [1.82, 2.24) is 0 Å². The second-order valence-electron chi connectivity index (χ2n) is 7.83. The highest BCUT2D eigenvalue weighted by Crippen LogP contribution is 2.45. The van der Waals surface area contributed by atoms with Crippen LogP contribution in [0.15, 0.2) is 24.3 Å². The summed E-state index contributed by atoms with van der Waals surface area (Å²) in [6.45, 7) is 2.15. The smallest absolute Gasteiger partial charge is 0.303 e. The first kappa shape index (κ1) is 22.2. The minimum Gasteiger partial charge on any atom is -0.481 e. The predicted octanol–water partition coefficient (Wildman–Crippen LogP) is 5.02. The van der Waals surface area contributed by atoms with Gasteiger partial charge in [-0.05, 0) is 42.7 Å². The quantitative estimate of drug-likeness (QED) is 0.362. The van der Waals surface area contributed by atoms with Gasteiger partial charge in [0.05, 0.1) is 12.2 Å². The number of rotatable bonds is 11. The van der Waals surface area contributed by atoms with E-state index in [1.165, 1.54) is 0 Å². The number of benzene rings is 1. The van der Waals surface area contributed by atoms with Crippen LogP contribution in [0.1, 0.15) is 87.9 Å². The van der Waals surface area contributed by atoms with Crippen molar-refractivity contribution in [2.24, 2.45) is 5.92 Å². The highest BCUT2D eigenvalue weighted by Gasteiger charge is 2.41. The molecule has 3 N–H and O–H groups in total. The lowest BCUT2D eigenvalue weighted by atomic mass is 9.83. The Kier molecular flexibility index (Phi) is 9.07. The first-order valence-corrected chi connectivity index (χ1v) is 10.7. The van der Waals surface area contributed by atoms with E-state index in [0.29, 0.717) is 12.8 Å². The SMILES string of the molecule is CCCCCC(O)c1ccc(C2C(CCCCC(=O)O)[C@H](Cl)C[C@H]2O)cc1. The van der Waals surface area contributed by atoms with Crippen LogP contribution in [0.3, 0.4) is 0 Å². The van der Waals surface area contributed by atoms with Crippen LogP contribution < -0.4 is 0 Å². The molecule has 27 heavy (non-hydrogen) atoms. The van der Waals surface area contributed by atoms with Crippen LogP contribution in [-0.4, -0.2) is 32.8 Å². The van der Waals surface area contributed by atoms with Crippen LogP contribution in [-0.2, 0) is 4.79 Å². The summed E-state index contributed by atoms with van der Waals surface area (Å²) in [5, 5.41) is 29.5. The molecule has 0 aromatic heterocycles. The molecule has 0 aliphatic heterocycles. The summed E-state index contributed by atoms with van der Waals surface area (Å²) in [7, 11) is 0. The summed E-state index contributed by atoms with van der Waals surface area (Å²) in [5.74, 6) is -0.645. The van der Waals surface area contributed by atoms with E-state index in [0.717, 1.165) is 49.7 Å². The van der Waals surface area contributed by atoms with Crippen LogP contribution >= 0.6 is 11.6 Å². The molecule has 4 nitrogen and oxygen atoms in total. The largest absolute Gasteiger partial charge is 0.481 e. The van der Waals surface area contributed by atoms with Gasteiger partial charge in [0.25, 0.3) is 0 Å². The van der Waals surface area contributed by atoms with Crippen molar-refractivity contribution in [3.8, 4) is 0 Å². The average molecular weight is 397 g/mol. The fourth-order valence-electron chi connectivity index (χ4n) is 4.24. The number of aliphatic carboxylic acids is 1. The third kappa shape index (κ3) is 6.48. The van der Waals surface area contributed by atoms with Gasteiger partial charge in [-0.1, -0.05) is 56.9 Å². The standard InChI is InChI=1S/C22H33ClO4/c1-2-3-4-8-19(24)15-10-12-16(13-11-15)22-17(18(23)14-20(22)25)7-5-6-9-21(26)27/h10-13,17-20,22,24-25H,2-9,14H2,1H3,(H,26,27)/t17?,18-,19?,20-,22?/m1/s1. The Hall–Kier alpha value is -1.10.